The monoisotopic (exact) mass is 394 g/mol. The average molecular weight is 394 g/mol. The zero-order valence-corrected chi connectivity index (χ0v) is 15.2. The second-order valence-electron chi connectivity index (χ2n) is 4.73. The van der Waals surface area contributed by atoms with E-state index < -0.39 is 16.8 Å². The highest BCUT2D eigenvalue weighted by molar-refractivity contribution is 8.18. The number of amidine groups is 1. The number of amides is 1. The fourth-order valence-electron chi connectivity index (χ4n) is 2.01. The molecule has 0 spiro atoms. The van der Waals surface area contributed by atoms with Gasteiger partial charge >= 0.3 is 11.7 Å². The van der Waals surface area contributed by atoms with Gasteiger partial charge in [0.15, 0.2) is 10.9 Å². The molecule has 0 aliphatic carbocycles. The van der Waals surface area contributed by atoms with Crippen LogP contribution in [0.3, 0.4) is 0 Å². The molecule has 0 atom stereocenters. The molecule has 0 radical (unpaired) electrons. The van der Waals surface area contributed by atoms with Gasteiger partial charge in [-0.3, -0.25) is 20.2 Å². The average Bonchev–Trinajstić information content (AvgIpc) is 2.99. The number of thioether (sulfide) groups is 1. The lowest BCUT2D eigenvalue weighted by molar-refractivity contribution is -0.385. The lowest BCUT2D eigenvalue weighted by Crippen LogP contribution is -2.19. The number of hydrogen-bond acceptors (Lipinski definition) is 10. The standard InChI is InChI=1S/C15H14N4O7S/c1-24-9-4-5-10(25-2)13(19(22)23)8(9)7-16-18-15-17-14(21)11(27-15)6-12(20)26-3/h4-7H,1-3H3,(H,17,18,21)/b11-6+,16-7?. The first-order valence-electron chi connectivity index (χ1n) is 7.20. The molecule has 0 aromatic heterocycles. The topological polar surface area (TPSA) is 142 Å². The molecule has 1 aliphatic rings. The Balaban J connectivity index is 2.32. The van der Waals surface area contributed by atoms with Gasteiger partial charge in [0.1, 0.15) is 11.3 Å². The molecule has 1 aromatic carbocycles. The van der Waals surface area contributed by atoms with E-state index in [1.54, 1.807) is 0 Å². The molecule has 1 aromatic rings. The van der Waals surface area contributed by atoms with E-state index in [-0.39, 0.29) is 32.8 Å². The van der Waals surface area contributed by atoms with Crippen molar-refractivity contribution >= 4 is 40.7 Å². The van der Waals surface area contributed by atoms with Crippen LogP contribution < -0.4 is 14.8 Å². The first-order chi connectivity index (χ1) is 12.9. The van der Waals surface area contributed by atoms with E-state index >= 15 is 0 Å². The van der Waals surface area contributed by atoms with E-state index in [0.29, 0.717) is 0 Å². The largest absolute Gasteiger partial charge is 0.496 e. The minimum atomic E-state index is -0.686. The molecular weight excluding hydrogens is 380 g/mol. The number of esters is 1. The summed E-state index contributed by atoms with van der Waals surface area (Å²) < 4.78 is 14.6. The van der Waals surface area contributed by atoms with Crippen molar-refractivity contribution in [3.63, 3.8) is 0 Å². The molecule has 2 rings (SSSR count). The van der Waals surface area contributed by atoms with Crippen LogP contribution in [0.15, 0.2) is 33.3 Å². The number of nitrogens with one attached hydrogen (secondary N) is 1. The number of carbonyl (C=O) groups is 2. The predicted octanol–water partition coefficient (Wildman–Crippen LogP) is 1.22. The summed E-state index contributed by atoms with van der Waals surface area (Å²) in [6.45, 7) is 0. The Morgan fingerprint density at radius 3 is 2.52 bits per heavy atom. The maximum atomic E-state index is 11.7. The number of ether oxygens (including phenoxy) is 3. The summed E-state index contributed by atoms with van der Waals surface area (Å²) in [5, 5.41) is 21.4. The zero-order valence-electron chi connectivity index (χ0n) is 14.4. The van der Waals surface area contributed by atoms with Crippen molar-refractivity contribution in [2.24, 2.45) is 10.2 Å². The summed E-state index contributed by atoms with van der Waals surface area (Å²) in [6, 6.07) is 2.89. The van der Waals surface area contributed by atoms with E-state index in [9.17, 15) is 19.7 Å². The van der Waals surface area contributed by atoms with Crippen molar-refractivity contribution in [3.05, 3.63) is 38.8 Å². The molecule has 1 heterocycles. The van der Waals surface area contributed by atoms with Crippen molar-refractivity contribution in [1.29, 1.82) is 0 Å². The summed E-state index contributed by atoms with van der Waals surface area (Å²) in [5.41, 5.74) is -0.291. The molecule has 1 amide bonds. The van der Waals surface area contributed by atoms with Crippen molar-refractivity contribution in [2.45, 2.75) is 0 Å². The molecule has 0 bridgehead atoms. The number of rotatable bonds is 6. The number of benzene rings is 1. The second-order valence-corrected chi connectivity index (χ2v) is 5.76. The second kappa shape index (κ2) is 8.80. The molecule has 12 heteroatoms. The van der Waals surface area contributed by atoms with Gasteiger partial charge < -0.3 is 14.2 Å². The maximum absolute atomic E-state index is 11.7. The van der Waals surface area contributed by atoms with Crippen LogP contribution in [0.4, 0.5) is 5.69 Å². The summed E-state index contributed by atoms with van der Waals surface area (Å²) in [7, 11) is 3.84. The first kappa shape index (κ1) is 19.9. The minimum Gasteiger partial charge on any atom is -0.496 e. The van der Waals surface area contributed by atoms with Gasteiger partial charge in [0, 0.05) is 6.08 Å². The Bertz CT molecular complexity index is 879. The van der Waals surface area contributed by atoms with E-state index in [4.69, 9.17) is 9.47 Å². The maximum Gasteiger partial charge on any atom is 0.331 e. The fraction of sp³-hybridized carbons (Fsp3) is 0.200. The summed E-state index contributed by atoms with van der Waals surface area (Å²) in [4.78, 5) is 33.8. The van der Waals surface area contributed by atoms with Crippen LogP contribution in [0.25, 0.3) is 0 Å². The molecule has 1 saturated heterocycles. The van der Waals surface area contributed by atoms with Crippen molar-refractivity contribution < 1.29 is 28.7 Å². The lowest BCUT2D eigenvalue weighted by atomic mass is 10.1. The molecule has 142 valence electrons. The number of nitrogens with zero attached hydrogens (tertiary/aromatic N) is 3. The Labute approximate surface area is 157 Å². The predicted molar refractivity (Wildman–Crippen MR) is 97.1 cm³/mol. The lowest BCUT2D eigenvalue weighted by Gasteiger charge is -2.08. The molecule has 1 aliphatic heterocycles. The normalized spacial score (nSPS) is 16.6. The van der Waals surface area contributed by atoms with Crippen molar-refractivity contribution in [2.75, 3.05) is 21.3 Å². The van der Waals surface area contributed by atoms with Gasteiger partial charge in [0.05, 0.1) is 37.4 Å². The zero-order chi connectivity index (χ0) is 20.0. The SMILES string of the molecule is COC(=O)/C=C1/S/C(=N\N=Cc2c(OC)ccc(OC)c2[N+](=O)[O-])NC1=O. The van der Waals surface area contributed by atoms with Gasteiger partial charge in [-0.05, 0) is 23.9 Å². The minimum absolute atomic E-state index is 0.0294. The number of methoxy groups -OCH3 is 3. The highest BCUT2D eigenvalue weighted by atomic mass is 32.2. The van der Waals surface area contributed by atoms with E-state index in [1.807, 2.05) is 0 Å². The quantitative estimate of drug-likeness (QED) is 0.249. The fourth-order valence-corrected chi connectivity index (χ4v) is 2.74. The van der Waals surface area contributed by atoms with Gasteiger partial charge in [0.25, 0.3) is 5.91 Å². The van der Waals surface area contributed by atoms with E-state index in [0.717, 1.165) is 24.1 Å². The van der Waals surface area contributed by atoms with Gasteiger partial charge in [-0.15, -0.1) is 5.10 Å². The molecule has 27 heavy (non-hydrogen) atoms. The highest BCUT2D eigenvalue weighted by Gasteiger charge is 2.26. The van der Waals surface area contributed by atoms with Gasteiger partial charge in [0.2, 0.25) is 0 Å². The van der Waals surface area contributed by atoms with Crippen LogP contribution >= 0.6 is 11.8 Å². The number of hydrogen-bond donors (Lipinski definition) is 1. The number of nitro groups is 1. The number of carbonyl (C=O) groups excluding carboxylic acids is 2. The molecule has 0 unspecified atom stereocenters. The summed E-state index contributed by atoms with van der Waals surface area (Å²) in [5.74, 6) is -0.999. The molecule has 1 N–H and O–H groups in total. The Kier molecular flexibility index (Phi) is 6.49. The van der Waals surface area contributed by atoms with Crippen LogP contribution in [0.5, 0.6) is 11.5 Å². The molecular formula is C15H14N4O7S. The summed E-state index contributed by atoms with van der Waals surface area (Å²) in [6.07, 6.45) is 2.13. The molecule has 1 fully saturated rings. The van der Waals surface area contributed by atoms with E-state index in [1.165, 1.54) is 33.5 Å². The Hall–Kier alpha value is -3.41. The first-order valence-corrected chi connectivity index (χ1v) is 8.02. The van der Waals surface area contributed by atoms with Crippen LogP contribution in [0, 0.1) is 10.1 Å². The molecule has 11 nitrogen and oxygen atoms in total. The van der Waals surface area contributed by atoms with Crippen LogP contribution in [-0.4, -0.2) is 49.5 Å². The van der Waals surface area contributed by atoms with Gasteiger partial charge in [-0.1, -0.05) is 0 Å². The van der Waals surface area contributed by atoms with Crippen LogP contribution in [0.1, 0.15) is 5.56 Å². The Morgan fingerprint density at radius 2 is 1.93 bits per heavy atom. The molecule has 0 saturated carbocycles. The van der Waals surface area contributed by atoms with Crippen LogP contribution in [0.2, 0.25) is 0 Å². The van der Waals surface area contributed by atoms with Gasteiger partial charge in [-0.2, -0.15) is 5.10 Å². The number of nitro benzene ring substituents is 1. The van der Waals surface area contributed by atoms with E-state index in [2.05, 4.69) is 20.3 Å². The smallest absolute Gasteiger partial charge is 0.331 e. The highest BCUT2D eigenvalue weighted by Crippen LogP contribution is 2.35. The third kappa shape index (κ3) is 4.61. The van der Waals surface area contributed by atoms with Crippen molar-refractivity contribution in [3.8, 4) is 11.5 Å². The third-order valence-corrected chi connectivity index (χ3v) is 4.10. The Morgan fingerprint density at radius 1 is 1.26 bits per heavy atom. The van der Waals surface area contributed by atoms with Gasteiger partial charge in [-0.25, -0.2) is 4.79 Å². The summed E-state index contributed by atoms with van der Waals surface area (Å²) >= 11 is 0.872. The van der Waals surface area contributed by atoms with Crippen molar-refractivity contribution in [1.82, 2.24) is 5.32 Å². The van der Waals surface area contributed by atoms with Crippen LogP contribution in [-0.2, 0) is 14.3 Å². The third-order valence-electron chi connectivity index (χ3n) is 3.20.